The van der Waals surface area contributed by atoms with Crippen LogP contribution in [0.3, 0.4) is 0 Å². The summed E-state index contributed by atoms with van der Waals surface area (Å²) in [5.74, 6) is 0.718. The highest BCUT2D eigenvalue weighted by Crippen LogP contribution is 2.39. The number of nitrogens with one attached hydrogen (secondary N) is 1. The fraction of sp³-hybridized carbons (Fsp3) is 0.455. The smallest absolute Gasteiger partial charge is 0.181 e. The first-order chi connectivity index (χ1) is 7.72. The van der Waals surface area contributed by atoms with E-state index in [9.17, 15) is 5.11 Å². The summed E-state index contributed by atoms with van der Waals surface area (Å²) in [5.41, 5.74) is 0.827. The summed E-state index contributed by atoms with van der Waals surface area (Å²) in [6.07, 6.45) is 0. The molecule has 0 spiro atoms. The van der Waals surface area contributed by atoms with Gasteiger partial charge in [-0.1, -0.05) is 15.9 Å². The van der Waals surface area contributed by atoms with Gasteiger partial charge < -0.3 is 20.1 Å². The number of halogens is 1. The molecule has 0 atom stereocenters. The van der Waals surface area contributed by atoms with Crippen molar-refractivity contribution in [3.05, 3.63) is 16.6 Å². The molecule has 0 aliphatic carbocycles. The van der Waals surface area contributed by atoms with Crippen molar-refractivity contribution in [2.45, 2.75) is 0 Å². The molecule has 0 unspecified atom stereocenters. The Labute approximate surface area is 103 Å². The first kappa shape index (κ1) is 11.5. The predicted octanol–water partition coefficient (Wildman–Crippen LogP) is 1.57. The predicted molar refractivity (Wildman–Crippen MR) is 67.4 cm³/mol. The first-order valence-electron chi connectivity index (χ1n) is 5.24. The molecule has 1 saturated heterocycles. The molecule has 1 aromatic carbocycles. The molecule has 5 heteroatoms. The first-order valence-corrected chi connectivity index (χ1v) is 6.04. The van der Waals surface area contributed by atoms with Crippen molar-refractivity contribution in [1.29, 1.82) is 0 Å². The van der Waals surface area contributed by atoms with Gasteiger partial charge in [0.05, 0.1) is 12.8 Å². The van der Waals surface area contributed by atoms with Crippen molar-refractivity contribution < 1.29 is 9.84 Å². The fourth-order valence-electron chi connectivity index (χ4n) is 1.86. The normalized spacial score (nSPS) is 16.2. The standard InChI is InChI=1S/C11H15BrN2O2/c1-16-10-7-8(12)6-9(11(10)15)14-4-2-13-3-5-14/h6-7,13,15H,2-5H2,1H3. The summed E-state index contributed by atoms with van der Waals surface area (Å²) in [6, 6.07) is 3.68. The molecule has 2 N–H and O–H groups in total. The fourth-order valence-corrected chi connectivity index (χ4v) is 2.29. The third-order valence-corrected chi connectivity index (χ3v) is 3.16. The molecule has 1 aliphatic heterocycles. The van der Waals surface area contributed by atoms with E-state index in [1.807, 2.05) is 6.07 Å². The van der Waals surface area contributed by atoms with Crippen LogP contribution in [0.2, 0.25) is 0 Å². The molecule has 0 bridgehead atoms. The number of piperazine rings is 1. The number of aromatic hydroxyl groups is 1. The zero-order valence-corrected chi connectivity index (χ0v) is 10.7. The number of ether oxygens (including phenoxy) is 1. The summed E-state index contributed by atoms with van der Waals surface area (Å²) in [4.78, 5) is 2.15. The van der Waals surface area contributed by atoms with E-state index in [1.165, 1.54) is 0 Å². The van der Waals surface area contributed by atoms with Crippen LogP contribution >= 0.6 is 15.9 Å². The number of phenols is 1. The third-order valence-electron chi connectivity index (χ3n) is 2.70. The van der Waals surface area contributed by atoms with Gasteiger partial charge in [-0.3, -0.25) is 0 Å². The van der Waals surface area contributed by atoms with Gasteiger partial charge in [0.2, 0.25) is 0 Å². The molecule has 1 heterocycles. The van der Waals surface area contributed by atoms with E-state index < -0.39 is 0 Å². The monoisotopic (exact) mass is 286 g/mol. The van der Waals surface area contributed by atoms with Gasteiger partial charge in [-0.25, -0.2) is 0 Å². The van der Waals surface area contributed by atoms with Crippen LogP contribution in [0.1, 0.15) is 0 Å². The van der Waals surface area contributed by atoms with E-state index in [-0.39, 0.29) is 5.75 Å². The number of hydrogen-bond acceptors (Lipinski definition) is 4. The van der Waals surface area contributed by atoms with Crippen molar-refractivity contribution in [2.75, 3.05) is 38.2 Å². The van der Waals surface area contributed by atoms with E-state index in [2.05, 4.69) is 26.1 Å². The van der Waals surface area contributed by atoms with E-state index in [4.69, 9.17) is 4.74 Å². The van der Waals surface area contributed by atoms with Gasteiger partial charge in [0, 0.05) is 30.7 Å². The second-order valence-electron chi connectivity index (χ2n) is 3.71. The molecule has 2 rings (SSSR count). The Morgan fingerprint density at radius 1 is 1.38 bits per heavy atom. The number of methoxy groups -OCH3 is 1. The lowest BCUT2D eigenvalue weighted by molar-refractivity contribution is 0.372. The maximum atomic E-state index is 10.1. The van der Waals surface area contributed by atoms with Crippen molar-refractivity contribution in [3.8, 4) is 11.5 Å². The van der Waals surface area contributed by atoms with Gasteiger partial charge in [-0.05, 0) is 12.1 Å². The molecule has 1 aliphatic rings. The van der Waals surface area contributed by atoms with Crippen LogP contribution in [0.4, 0.5) is 5.69 Å². The Kier molecular flexibility index (Phi) is 3.56. The van der Waals surface area contributed by atoms with Crippen molar-refractivity contribution in [3.63, 3.8) is 0 Å². The molecule has 0 radical (unpaired) electrons. The molecule has 88 valence electrons. The minimum Gasteiger partial charge on any atom is -0.503 e. The topological polar surface area (TPSA) is 44.7 Å². The lowest BCUT2D eigenvalue weighted by Gasteiger charge is -2.30. The average molecular weight is 287 g/mol. The van der Waals surface area contributed by atoms with Gasteiger partial charge >= 0.3 is 0 Å². The minimum absolute atomic E-state index is 0.215. The number of nitrogens with zero attached hydrogens (tertiary/aromatic N) is 1. The van der Waals surface area contributed by atoms with Crippen LogP contribution in [0.25, 0.3) is 0 Å². The van der Waals surface area contributed by atoms with Crippen LogP contribution in [-0.2, 0) is 0 Å². The number of anilines is 1. The largest absolute Gasteiger partial charge is 0.503 e. The van der Waals surface area contributed by atoms with E-state index in [0.717, 1.165) is 36.3 Å². The Balaban J connectivity index is 2.34. The summed E-state index contributed by atoms with van der Waals surface area (Å²) >= 11 is 3.42. The summed E-state index contributed by atoms with van der Waals surface area (Å²) in [6.45, 7) is 3.67. The van der Waals surface area contributed by atoms with Gasteiger partial charge in [0.15, 0.2) is 11.5 Å². The lowest BCUT2D eigenvalue weighted by atomic mass is 10.2. The Morgan fingerprint density at radius 3 is 2.69 bits per heavy atom. The molecule has 1 aromatic rings. The lowest BCUT2D eigenvalue weighted by Crippen LogP contribution is -2.43. The zero-order chi connectivity index (χ0) is 11.5. The Bertz CT molecular complexity index is 378. The van der Waals surface area contributed by atoms with Crippen LogP contribution in [-0.4, -0.2) is 38.4 Å². The van der Waals surface area contributed by atoms with Crippen molar-refractivity contribution >= 4 is 21.6 Å². The van der Waals surface area contributed by atoms with Crippen LogP contribution in [0.5, 0.6) is 11.5 Å². The molecular weight excluding hydrogens is 272 g/mol. The quantitative estimate of drug-likeness (QED) is 0.866. The molecular formula is C11H15BrN2O2. The van der Waals surface area contributed by atoms with Crippen molar-refractivity contribution in [1.82, 2.24) is 5.32 Å². The maximum Gasteiger partial charge on any atom is 0.181 e. The van der Waals surface area contributed by atoms with E-state index >= 15 is 0 Å². The molecule has 0 amide bonds. The maximum absolute atomic E-state index is 10.1. The minimum atomic E-state index is 0.215. The molecule has 0 aromatic heterocycles. The molecule has 4 nitrogen and oxygen atoms in total. The highest BCUT2D eigenvalue weighted by Gasteiger charge is 2.17. The van der Waals surface area contributed by atoms with Crippen LogP contribution in [0, 0.1) is 0 Å². The summed E-state index contributed by atoms with van der Waals surface area (Å²) < 4.78 is 6.05. The Hall–Kier alpha value is -0.940. The van der Waals surface area contributed by atoms with Gasteiger partial charge in [-0.15, -0.1) is 0 Å². The molecule has 0 saturated carbocycles. The average Bonchev–Trinajstić information content (AvgIpc) is 2.33. The van der Waals surface area contributed by atoms with E-state index in [0.29, 0.717) is 5.75 Å². The van der Waals surface area contributed by atoms with Gasteiger partial charge in [-0.2, -0.15) is 0 Å². The van der Waals surface area contributed by atoms with Gasteiger partial charge in [0.1, 0.15) is 0 Å². The SMILES string of the molecule is COc1cc(Br)cc(N2CCNCC2)c1O. The number of benzene rings is 1. The van der Waals surface area contributed by atoms with Crippen molar-refractivity contribution in [2.24, 2.45) is 0 Å². The van der Waals surface area contributed by atoms with Crippen LogP contribution in [0.15, 0.2) is 16.6 Å². The highest BCUT2D eigenvalue weighted by molar-refractivity contribution is 9.10. The summed E-state index contributed by atoms with van der Waals surface area (Å²) in [7, 11) is 1.56. The van der Waals surface area contributed by atoms with E-state index in [1.54, 1.807) is 13.2 Å². The summed E-state index contributed by atoms with van der Waals surface area (Å²) in [5, 5.41) is 13.3. The number of rotatable bonds is 2. The Morgan fingerprint density at radius 2 is 2.06 bits per heavy atom. The second kappa shape index (κ2) is 4.93. The second-order valence-corrected chi connectivity index (χ2v) is 4.63. The zero-order valence-electron chi connectivity index (χ0n) is 9.16. The molecule has 16 heavy (non-hydrogen) atoms. The third kappa shape index (κ3) is 2.25. The molecule has 1 fully saturated rings. The van der Waals surface area contributed by atoms with Gasteiger partial charge in [0.25, 0.3) is 0 Å². The van der Waals surface area contributed by atoms with Crippen LogP contribution < -0.4 is 15.0 Å². The number of hydrogen-bond donors (Lipinski definition) is 2. The number of phenolic OH excluding ortho intramolecular Hbond substituents is 1. The highest BCUT2D eigenvalue weighted by atomic mass is 79.9.